The fourth-order valence-electron chi connectivity index (χ4n) is 2.49. The molecular weight excluding hydrogens is 261 g/mol. The summed E-state index contributed by atoms with van der Waals surface area (Å²) in [6.45, 7) is 0.974. The van der Waals surface area contributed by atoms with Crippen LogP contribution in [0.5, 0.6) is 0 Å². The Morgan fingerprint density at radius 2 is 2.40 bits per heavy atom. The van der Waals surface area contributed by atoms with Crippen LogP contribution in [0.15, 0.2) is 18.2 Å². The van der Waals surface area contributed by atoms with Gasteiger partial charge in [-0.25, -0.2) is 4.39 Å². The molecule has 106 valence electrons. The van der Waals surface area contributed by atoms with Gasteiger partial charge in [0.25, 0.3) is 0 Å². The Balaban J connectivity index is 2.14. The van der Waals surface area contributed by atoms with Crippen molar-refractivity contribution in [2.75, 3.05) is 13.7 Å². The molecule has 0 aliphatic carbocycles. The summed E-state index contributed by atoms with van der Waals surface area (Å²) >= 11 is 0. The first kappa shape index (κ1) is 14.4. The van der Waals surface area contributed by atoms with Gasteiger partial charge in [-0.15, -0.1) is 0 Å². The number of nitrogens with zero attached hydrogens (tertiary/aromatic N) is 2. The topological polar surface area (TPSA) is 79.3 Å². The van der Waals surface area contributed by atoms with E-state index in [4.69, 9.17) is 15.7 Å². The van der Waals surface area contributed by atoms with Gasteiger partial charge in [-0.3, -0.25) is 9.69 Å². The van der Waals surface area contributed by atoms with Gasteiger partial charge < -0.3 is 10.5 Å². The second-order valence-corrected chi connectivity index (χ2v) is 4.87. The van der Waals surface area contributed by atoms with E-state index < -0.39 is 17.8 Å². The van der Waals surface area contributed by atoms with Crippen LogP contribution in [0.25, 0.3) is 0 Å². The van der Waals surface area contributed by atoms with E-state index in [1.54, 1.807) is 19.2 Å². The molecule has 1 aromatic rings. The van der Waals surface area contributed by atoms with Gasteiger partial charge in [0, 0.05) is 20.2 Å². The predicted molar refractivity (Wildman–Crippen MR) is 69.9 cm³/mol. The van der Waals surface area contributed by atoms with E-state index in [0.29, 0.717) is 25.1 Å². The number of ether oxygens (including phenoxy) is 1. The van der Waals surface area contributed by atoms with Crippen molar-refractivity contribution in [2.45, 2.75) is 25.1 Å². The minimum Gasteiger partial charge on any atom is -0.380 e. The molecule has 1 aliphatic heterocycles. The Kier molecular flexibility index (Phi) is 4.32. The number of nitriles is 1. The van der Waals surface area contributed by atoms with Crippen molar-refractivity contribution < 1.29 is 13.9 Å². The molecule has 5 nitrogen and oxygen atoms in total. The zero-order chi connectivity index (χ0) is 14.7. The van der Waals surface area contributed by atoms with Crippen LogP contribution in [-0.4, -0.2) is 36.6 Å². The number of hydrogen-bond acceptors (Lipinski definition) is 4. The molecule has 0 bridgehead atoms. The number of benzene rings is 1. The van der Waals surface area contributed by atoms with Crippen molar-refractivity contribution in [3.05, 3.63) is 35.1 Å². The summed E-state index contributed by atoms with van der Waals surface area (Å²) in [6, 6.07) is 5.81. The molecule has 1 saturated heterocycles. The number of carbonyl (C=O) groups is 1. The first-order chi connectivity index (χ1) is 9.55. The lowest BCUT2D eigenvalue weighted by Gasteiger charge is -2.21. The zero-order valence-electron chi connectivity index (χ0n) is 11.2. The van der Waals surface area contributed by atoms with Gasteiger partial charge in [-0.2, -0.15) is 5.26 Å². The number of nitrogens with two attached hydrogens (primary N) is 1. The molecule has 1 aromatic carbocycles. The molecule has 2 N–H and O–H groups in total. The first-order valence-corrected chi connectivity index (χ1v) is 6.30. The number of rotatable bonds is 4. The van der Waals surface area contributed by atoms with E-state index >= 15 is 0 Å². The highest BCUT2D eigenvalue weighted by Gasteiger charge is 2.35. The third-order valence-corrected chi connectivity index (χ3v) is 3.57. The molecule has 0 unspecified atom stereocenters. The average Bonchev–Trinajstić information content (AvgIpc) is 2.82. The van der Waals surface area contributed by atoms with E-state index in [0.717, 1.165) is 0 Å². The number of carbonyl (C=O) groups excluding carboxylic acids is 1. The van der Waals surface area contributed by atoms with Crippen molar-refractivity contribution in [3.63, 3.8) is 0 Å². The number of hydrogen-bond donors (Lipinski definition) is 1. The molecule has 0 saturated carbocycles. The fourth-order valence-corrected chi connectivity index (χ4v) is 2.49. The van der Waals surface area contributed by atoms with Gasteiger partial charge >= 0.3 is 0 Å². The smallest absolute Gasteiger partial charge is 0.234 e. The number of primary amides is 1. The Morgan fingerprint density at radius 3 is 2.95 bits per heavy atom. The summed E-state index contributed by atoms with van der Waals surface area (Å²) in [5.74, 6) is -0.957. The van der Waals surface area contributed by atoms with Gasteiger partial charge in [0.1, 0.15) is 11.9 Å². The van der Waals surface area contributed by atoms with Gasteiger partial charge in [0.2, 0.25) is 5.91 Å². The van der Waals surface area contributed by atoms with Crippen LogP contribution in [0.4, 0.5) is 4.39 Å². The maximum absolute atomic E-state index is 13.6. The van der Waals surface area contributed by atoms with E-state index in [2.05, 4.69) is 0 Å². The molecule has 1 amide bonds. The molecule has 1 fully saturated rings. The minimum atomic E-state index is -0.553. The molecule has 1 heterocycles. The summed E-state index contributed by atoms with van der Waals surface area (Å²) in [4.78, 5) is 13.3. The fraction of sp³-hybridized carbons (Fsp3) is 0.429. The molecular formula is C14H16FN3O2. The van der Waals surface area contributed by atoms with Crippen molar-refractivity contribution in [3.8, 4) is 6.07 Å². The maximum Gasteiger partial charge on any atom is 0.234 e. The number of likely N-dealkylation sites (tertiary alicyclic amines) is 1. The van der Waals surface area contributed by atoms with E-state index in [1.807, 2.05) is 4.90 Å². The molecule has 1 aliphatic rings. The molecule has 0 aromatic heterocycles. The third-order valence-electron chi connectivity index (χ3n) is 3.57. The van der Waals surface area contributed by atoms with Gasteiger partial charge in [-0.1, -0.05) is 6.07 Å². The highest BCUT2D eigenvalue weighted by Crippen LogP contribution is 2.22. The van der Waals surface area contributed by atoms with E-state index in [1.165, 1.54) is 12.1 Å². The Labute approximate surface area is 116 Å². The monoisotopic (exact) mass is 277 g/mol. The number of halogens is 1. The minimum absolute atomic E-state index is 0.0105. The van der Waals surface area contributed by atoms with Crippen LogP contribution < -0.4 is 5.73 Å². The SMILES string of the molecule is CO[C@H]1C[C@@H](C(N)=O)N(Cc2ccc(C#N)c(F)c2)C1. The van der Waals surface area contributed by atoms with Gasteiger partial charge in [-0.05, 0) is 24.1 Å². The van der Waals surface area contributed by atoms with Crippen molar-refractivity contribution >= 4 is 5.91 Å². The van der Waals surface area contributed by atoms with Crippen LogP contribution in [0.3, 0.4) is 0 Å². The summed E-state index contributed by atoms with van der Waals surface area (Å²) in [6.07, 6.45) is 0.501. The molecule has 0 spiro atoms. The maximum atomic E-state index is 13.6. The summed E-state index contributed by atoms with van der Waals surface area (Å²) in [5, 5.41) is 8.70. The van der Waals surface area contributed by atoms with Crippen LogP contribution in [0.1, 0.15) is 17.5 Å². The number of amides is 1. The molecule has 2 atom stereocenters. The summed E-state index contributed by atoms with van der Waals surface area (Å²) in [5.41, 5.74) is 6.09. The van der Waals surface area contributed by atoms with E-state index in [-0.39, 0.29) is 11.7 Å². The van der Waals surface area contributed by atoms with Gasteiger partial charge in [0.05, 0.1) is 17.7 Å². The molecule has 6 heteroatoms. The first-order valence-electron chi connectivity index (χ1n) is 6.30. The Morgan fingerprint density at radius 1 is 1.65 bits per heavy atom. The predicted octanol–water partition coefficient (Wildman–Crippen LogP) is 0.772. The third kappa shape index (κ3) is 2.95. The summed E-state index contributed by atoms with van der Waals surface area (Å²) in [7, 11) is 1.59. The highest BCUT2D eigenvalue weighted by molar-refractivity contribution is 5.80. The quantitative estimate of drug-likeness (QED) is 0.881. The van der Waals surface area contributed by atoms with Crippen LogP contribution in [-0.2, 0) is 16.1 Å². The number of methoxy groups -OCH3 is 1. The van der Waals surface area contributed by atoms with E-state index in [9.17, 15) is 9.18 Å². The standard InChI is InChI=1S/C14H16FN3O2/c1-20-11-5-13(14(17)19)18(8-11)7-9-2-3-10(6-16)12(15)4-9/h2-4,11,13H,5,7-8H2,1H3,(H2,17,19)/t11-,13-/m0/s1. The lowest BCUT2D eigenvalue weighted by atomic mass is 10.1. The average molecular weight is 277 g/mol. The normalized spacial score (nSPS) is 22.6. The molecule has 20 heavy (non-hydrogen) atoms. The van der Waals surface area contributed by atoms with Crippen molar-refractivity contribution in [1.82, 2.24) is 4.90 Å². The van der Waals surface area contributed by atoms with Crippen LogP contribution in [0.2, 0.25) is 0 Å². The van der Waals surface area contributed by atoms with Gasteiger partial charge in [0.15, 0.2) is 0 Å². The second-order valence-electron chi connectivity index (χ2n) is 4.87. The lowest BCUT2D eigenvalue weighted by Crippen LogP contribution is -2.39. The van der Waals surface area contributed by atoms with Crippen molar-refractivity contribution in [1.29, 1.82) is 5.26 Å². The van der Waals surface area contributed by atoms with Crippen molar-refractivity contribution in [2.24, 2.45) is 5.73 Å². The lowest BCUT2D eigenvalue weighted by molar-refractivity contribution is -0.122. The second kappa shape index (κ2) is 5.99. The van der Waals surface area contributed by atoms with Crippen LogP contribution >= 0.6 is 0 Å². The summed E-state index contributed by atoms with van der Waals surface area (Å²) < 4.78 is 18.8. The Hall–Kier alpha value is -1.97. The largest absolute Gasteiger partial charge is 0.380 e. The van der Waals surface area contributed by atoms with Crippen LogP contribution in [0, 0.1) is 17.1 Å². The molecule has 2 rings (SSSR count). The zero-order valence-corrected chi connectivity index (χ0v) is 11.2. The highest BCUT2D eigenvalue weighted by atomic mass is 19.1. The Bertz CT molecular complexity index is 556. The molecule has 0 radical (unpaired) electrons.